The fourth-order valence-corrected chi connectivity index (χ4v) is 2.92. The van der Waals surface area contributed by atoms with Gasteiger partial charge in [0.1, 0.15) is 12.4 Å². The molecule has 0 aliphatic heterocycles. The summed E-state index contributed by atoms with van der Waals surface area (Å²) in [5.41, 5.74) is 4.10. The number of aromatic nitrogens is 1. The first-order valence-electron chi connectivity index (χ1n) is 9.40. The second-order valence-corrected chi connectivity index (χ2v) is 6.43. The summed E-state index contributed by atoms with van der Waals surface area (Å²) < 4.78 is 5.79. The molecule has 0 amide bonds. The molecule has 3 aromatic rings. The second kappa shape index (κ2) is 10.1. The monoisotopic (exact) mass is 376 g/mol. The SMILES string of the molecule is O=C(O)CCCc1ccc(OCCNc2cccnc2-c2ccccc2)cc1. The van der Waals surface area contributed by atoms with Gasteiger partial charge in [0.05, 0.1) is 11.4 Å². The van der Waals surface area contributed by atoms with Crippen LogP contribution in [0, 0.1) is 0 Å². The van der Waals surface area contributed by atoms with E-state index in [1.807, 2.05) is 66.7 Å². The van der Waals surface area contributed by atoms with Crippen molar-refractivity contribution >= 4 is 11.7 Å². The van der Waals surface area contributed by atoms with Gasteiger partial charge >= 0.3 is 5.97 Å². The fourth-order valence-electron chi connectivity index (χ4n) is 2.92. The van der Waals surface area contributed by atoms with Crippen molar-refractivity contribution in [3.63, 3.8) is 0 Å². The highest BCUT2D eigenvalue weighted by molar-refractivity contribution is 5.73. The Kier molecular flexibility index (Phi) is 7.01. The van der Waals surface area contributed by atoms with Crippen LogP contribution in [-0.2, 0) is 11.2 Å². The first kappa shape index (κ1) is 19.4. The van der Waals surface area contributed by atoms with Crippen molar-refractivity contribution < 1.29 is 14.6 Å². The van der Waals surface area contributed by atoms with Crippen LogP contribution in [0.4, 0.5) is 5.69 Å². The lowest BCUT2D eigenvalue weighted by molar-refractivity contribution is -0.137. The Labute approximate surface area is 165 Å². The Morgan fingerprint density at radius 2 is 1.79 bits per heavy atom. The Morgan fingerprint density at radius 1 is 1.00 bits per heavy atom. The lowest BCUT2D eigenvalue weighted by Crippen LogP contribution is -2.12. The van der Waals surface area contributed by atoms with Gasteiger partial charge in [-0.15, -0.1) is 0 Å². The molecule has 5 heteroatoms. The summed E-state index contributed by atoms with van der Waals surface area (Å²) in [7, 11) is 0. The molecule has 0 fully saturated rings. The molecule has 0 aliphatic carbocycles. The molecule has 2 aromatic carbocycles. The molecule has 0 atom stereocenters. The van der Waals surface area contributed by atoms with Crippen molar-refractivity contribution in [1.29, 1.82) is 0 Å². The first-order valence-corrected chi connectivity index (χ1v) is 9.40. The number of hydrogen-bond acceptors (Lipinski definition) is 4. The van der Waals surface area contributed by atoms with Crippen molar-refractivity contribution in [2.75, 3.05) is 18.5 Å². The summed E-state index contributed by atoms with van der Waals surface area (Å²) in [6.07, 6.45) is 3.40. The highest BCUT2D eigenvalue weighted by atomic mass is 16.5. The van der Waals surface area contributed by atoms with Crippen molar-refractivity contribution in [3.8, 4) is 17.0 Å². The Balaban J connectivity index is 1.47. The number of nitrogens with one attached hydrogen (secondary N) is 1. The maximum absolute atomic E-state index is 10.6. The van der Waals surface area contributed by atoms with E-state index in [-0.39, 0.29) is 6.42 Å². The first-order chi connectivity index (χ1) is 13.7. The van der Waals surface area contributed by atoms with Crippen LogP contribution in [0.3, 0.4) is 0 Å². The van der Waals surface area contributed by atoms with Crippen LogP contribution in [0.15, 0.2) is 72.9 Å². The van der Waals surface area contributed by atoms with E-state index in [4.69, 9.17) is 9.84 Å². The van der Waals surface area contributed by atoms with E-state index in [9.17, 15) is 4.79 Å². The van der Waals surface area contributed by atoms with Crippen molar-refractivity contribution in [1.82, 2.24) is 4.98 Å². The van der Waals surface area contributed by atoms with Crippen molar-refractivity contribution in [2.45, 2.75) is 19.3 Å². The zero-order valence-electron chi connectivity index (χ0n) is 15.7. The van der Waals surface area contributed by atoms with E-state index in [1.165, 1.54) is 0 Å². The molecule has 0 aliphatic rings. The molecule has 0 unspecified atom stereocenters. The minimum atomic E-state index is -0.753. The molecule has 0 bridgehead atoms. The lowest BCUT2D eigenvalue weighted by Gasteiger charge is -2.12. The van der Waals surface area contributed by atoms with Gasteiger partial charge in [-0.05, 0) is 42.7 Å². The highest BCUT2D eigenvalue weighted by Gasteiger charge is 2.05. The standard InChI is InChI=1S/C23H24N2O3/c26-22(27)10-4-6-18-11-13-20(14-12-18)28-17-16-24-21-9-5-15-25-23(21)19-7-2-1-3-8-19/h1-3,5,7-9,11-15,24H,4,6,10,16-17H2,(H,26,27). The summed E-state index contributed by atoms with van der Waals surface area (Å²) >= 11 is 0. The number of carboxylic acid groups (broad SMARTS) is 1. The molecule has 5 nitrogen and oxygen atoms in total. The summed E-state index contributed by atoms with van der Waals surface area (Å²) in [6.45, 7) is 1.19. The maximum atomic E-state index is 10.6. The number of anilines is 1. The Hall–Kier alpha value is -3.34. The largest absolute Gasteiger partial charge is 0.492 e. The number of carboxylic acids is 1. The third-order valence-electron chi connectivity index (χ3n) is 4.32. The van der Waals surface area contributed by atoms with E-state index in [1.54, 1.807) is 6.20 Å². The molecule has 1 heterocycles. The fraction of sp³-hybridized carbons (Fsp3) is 0.217. The predicted molar refractivity (Wildman–Crippen MR) is 111 cm³/mol. The van der Waals surface area contributed by atoms with Gasteiger partial charge in [-0.1, -0.05) is 42.5 Å². The zero-order chi connectivity index (χ0) is 19.6. The number of nitrogens with zero attached hydrogens (tertiary/aromatic N) is 1. The Bertz CT molecular complexity index is 880. The van der Waals surface area contributed by atoms with Gasteiger partial charge < -0.3 is 15.2 Å². The minimum absolute atomic E-state index is 0.198. The van der Waals surface area contributed by atoms with Crippen molar-refractivity contribution in [3.05, 3.63) is 78.5 Å². The molecule has 28 heavy (non-hydrogen) atoms. The third-order valence-corrected chi connectivity index (χ3v) is 4.32. The third kappa shape index (κ3) is 5.84. The molecule has 0 radical (unpaired) electrons. The van der Waals surface area contributed by atoms with Crippen LogP contribution in [0.25, 0.3) is 11.3 Å². The molecule has 144 valence electrons. The quantitative estimate of drug-likeness (QED) is 0.504. The average molecular weight is 376 g/mol. The van der Waals surface area contributed by atoms with E-state index in [2.05, 4.69) is 10.3 Å². The normalized spacial score (nSPS) is 10.4. The maximum Gasteiger partial charge on any atom is 0.303 e. The van der Waals surface area contributed by atoms with E-state index >= 15 is 0 Å². The topological polar surface area (TPSA) is 71.5 Å². The molecule has 0 saturated carbocycles. The van der Waals surface area contributed by atoms with Crippen LogP contribution in [-0.4, -0.2) is 29.2 Å². The van der Waals surface area contributed by atoms with E-state index in [0.29, 0.717) is 19.6 Å². The summed E-state index contributed by atoms with van der Waals surface area (Å²) in [6, 6.07) is 21.8. The van der Waals surface area contributed by atoms with Gasteiger partial charge in [0.15, 0.2) is 0 Å². The summed E-state index contributed by atoms with van der Waals surface area (Å²) in [4.78, 5) is 15.1. The second-order valence-electron chi connectivity index (χ2n) is 6.43. The molecule has 0 saturated heterocycles. The number of ether oxygens (including phenoxy) is 1. The Morgan fingerprint density at radius 3 is 2.54 bits per heavy atom. The van der Waals surface area contributed by atoms with Gasteiger partial charge in [-0.3, -0.25) is 9.78 Å². The number of aliphatic carboxylic acids is 1. The number of carbonyl (C=O) groups is 1. The van der Waals surface area contributed by atoms with Crippen LogP contribution in [0.1, 0.15) is 18.4 Å². The van der Waals surface area contributed by atoms with Gasteiger partial charge in [0.2, 0.25) is 0 Å². The predicted octanol–water partition coefficient (Wildman–Crippen LogP) is 4.65. The molecular weight excluding hydrogens is 352 g/mol. The molecule has 3 rings (SSSR count). The zero-order valence-corrected chi connectivity index (χ0v) is 15.7. The number of benzene rings is 2. The van der Waals surface area contributed by atoms with Crippen LogP contribution in [0.2, 0.25) is 0 Å². The van der Waals surface area contributed by atoms with Crippen LogP contribution >= 0.6 is 0 Å². The summed E-state index contributed by atoms with van der Waals surface area (Å²) in [5.74, 6) is 0.0507. The molecule has 0 spiro atoms. The number of hydrogen-bond donors (Lipinski definition) is 2. The van der Waals surface area contributed by atoms with Crippen LogP contribution < -0.4 is 10.1 Å². The van der Waals surface area contributed by atoms with Crippen molar-refractivity contribution in [2.24, 2.45) is 0 Å². The minimum Gasteiger partial charge on any atom is -0.492 e. The lowest BCUT2D eigenvalue weighted by atomic mass is 10.1. The van der Waals surface area contributed by atoms with E-state index < -0.39 is 5.97 Å². The highest BCUT2D eigenvalue weighted by Crippen LogP contribution is 2.24. The van der Waals surface area contributed by atoms with Gasteiger partial charge in [-0.2, -0.15) is 0 Å². The van der Waals surface area contributed by atoms with Gasteiger partial charge in [-0.25, -0.2) is 0 Å². The number of rotatable bonds is 10. The smallest absolute Gasteiger partial charge is 0.303 e. The average Bonchev–Trinajstić information content (AvgIpc) is 2.73. The number of pyridine rings is 1. The molecule has 2 N–H and O–H groups in total. The van der Waals surface area contributed by atoms with Gasteiger partial charge in [0.25, 0.3) is 0 Å². The van der Waals surface area contributed by atoms with Crippen LogP contribution in [0.5, 0.6) is 5.75 Å². The molecule has 1 aromatic heterocycles. The summed E-state index contributed by atoms with van der Waals surface area (Å²) in [5, 5.41) is 12.1. The van der Waals surface area contributed by atoms with Gasteiger partial charge in [0, 0.05) is 24.7 Å². The van der Waals surface area contributed by atoms with E-state index in [0.717, 1.165) is 34.7 Å². The molecular formula is C23H24N2O3. The number of aryl methyl sites for hydroxylation is 1.